The highest BCUT2D eigenvalue weighted by molar-refractivity contribution is 5.91. The van der Waals surface area contributed by atoms with Crippen molar-refractivity contribution in [1.82, 2.24) is 4.48 Å². The van der Waals surface area contributed by atoms with Crippen LogP contribution in [-0.2, 0) is 0 Å². The SMILES string of the molecule is C[N+](C)(C)c1ccc(C(=O)Oc2ccc([N+](=O)[O-])cc2)cc1.[I-]. The van der Waals surface area contributed by atoms with E-state index in [0.29, 0.717) is 10.0 Å². The molecular formula is C16H17IN2O4. The van der Waals surface area contributed by atoms with Crippen molar-refractivity contribution in [1.29, 1.82) is 0 Å². The lowest BCUT2D eigenvalue weighted by Crippen LogP contribution is -3.00. The molecule has 122 valence electrons. The molecule has 0 saturated carbocycles. The van der Waals surface area contributed by atoms with Crippen LogP contribution in [0.25, 0.3) is 0 Å². The lowest BCUT2D eigenvalue weighted by atomic mass is 10.2. The molecule has 0 aliphatic heterocycles. The number of hydrogen-bond donors (Lipinski definition) is 0. The average molecular weight is 428 g/mol. The van der Waals surface area contributed by atoms with Gasteiger partial charge < -0.3 is 28.7 Å². The van der Waals surface area contributed by atoms with Crippen LogP contribution in [0.5, 0.6) is 5.75 Å². The van der Waals surface area contributed by atoms with E-state index in [0.717, 1.165) is 5.69 Å². The molecular weight excluding hydrogens is 411 g/mol. The Kier molecular flexibility index (Phi) is 6.22. The van der Waals surface area contributed by atoms with Crippen molar-refractivity contribution in [2.75, 3.05) is 21.1 Å². The molecule has 0 atom stereocenters. The summed E-state index contributed by atoms with van der Waals surface area (Å²) >= 11 is 0. The number of nitro groups is 1. The Labute approximate surface area is 151 Å². The summed E-state index contributed by atoms with van der Waals surface area (Å²) < 4.78 is 5.84. The number of esters is 1. The molecule has 0 amide bonds. The van der Waals surface area contributed by atoms with Crippen molar-refractivity contribution >= 4 is 17.3 Å². The minimum atomic E-state index is -0.505. The van der Waals surface area contributed by atoms with E-state index in [1.807, 2.05) is 33.3 Å². The minimum absolute atomic E-state index is 0. The topological polar surface area (TPSA) is 69.4 Å². The van der Waals surface area contributed by atoms with Crippen molar-refractivity contribution in [3.63, 3.8) is 0 Å². The van der Waals surface area contributed by atoms with Crippen molar-refractivity contribution in [3.8, 4) is 5.75 Å². The van der Waals surface area contributed by atoms with E-state index in [-0.39, 0.29) is 35.4 Å². The second-order valence-corrected chi connectivity index (χ2v) is 5.70. The van der Waals surface area contributed by atoms with Gasteiger partial charge in [0.2, 0.25) is 0 Å². The molecule has 0 unspecified atom stereocenters. The summed E-state index contributed by atoms with van der Waals surface area (Å²) in [6.45, 7) is 0. The van der Waals surface area contributed by atoms with E-state index in [4.69, 9.17) is 4.74 Å². The van der Waals surface area contributed by atoms with Crippen molar-refractivity contribution < 1.29 is 38.4 Å². The van der Waals surface area contributed by atoms with Crippen LogP contribution < -0.4 is 33.2 Å². The Morgan fingerprint density at radius 1 is 1.00 bits per heavy atom. The zero-order valence-electron chi connectivity index (χ0n) is 13.0. The van der Waals surface area contributed by atoms with Gasteiger partial charge in [0.15, 0.2) is 0 Å². The smallest absolute Gasteiger partial charge is 0.343 e. The standard InChI is InChI=1S/C16H17N2O4.HI/c1-18(2,3)14-8-4-12(5-9-14)16(19)22-15-10-6-13(7-11-15)17(20)21;/h4-11H,1-3H3;1H/q+1;/p-1. The van der Waals surface area contributed by atoms with Crippen LogP contribution in [0.3, 0.4) is 0 Å². The third kappa shape index (κ3) is 5.00. The van der Waals surface area contributed by atoms with Gasteiger partial charge in [-0.15, -0.1) is 0 Å². The van der Waals surface area contributed by atoms with Crippen LogP contribution >= 0.6 is 0 Å². The number of rotatable bonds is 4. The van der Waals surface area contributed by atoms with E-state index in [9.17, 15) is 14.9 Å². The number of benzene rings is 2. The van der Waals surface area contributed by atoms with Crippen molar-refractivity contribution in [2.24, 2.45) is 0 Å². The molecule has 2 rings (SSSR count). The first kappa shape index (κ1) is 19.0. The monoisotopic (exact) mass is 428 g/mol. The maximum atomic E-state index is 12.0. The van der Waals surface area contributed by atoms with Gasteiger partial charge in [0.25, 0.3) is 5.69 Å². The van der Waals surface area contributed by atoms with Gasteiger partial charge in [-0.25, -0.2) is 4.79 Å². The molecule has 23 heavy (non-hydrogen) atoms. The first-order chi connectivity index (χ1) is 10.3. The van der Waals surface area contributed by atoms with Crippen LogP contribution in [0.15, 0.2) is 48.5 Å². The lowest BCUT2D eigenvalue weighted by molar-refractivity contribution is -0.384. The van der Waals surface area contributed by atoms with Gasteiger partial charge in [0.1, 0.15) is 11.4 Å². The zero-order chi connectivity index (χ0) is 16.3. The molecule has 0 bridgehead atoms. The summed E-state index contributed by atoms with van der Waals surface area (Å²) in [5.74, 6) is -0.229. The second-order valence-electron chi connectivity index (χ2n) is 5.70. The molecule has 0 aromatic heterocycles. The fraction of sp³-hybridized carbons (Fsp3) is 0.188. The molecule has 0 aliphatic rings. The summed E-state index contributed by atoms with van der Waals surface area (Å²) in [7, 11) is 6.10. The Bertz CT molecular complexity index is 692. The highest BCUT2D eigenvalue weighted by Gasteiger charge is 2.14. The highest BCUT2D eigenvalue weighted by Crippen LogP contribution is 2.20. The van der Waals surface area contributed by atoms with Gasteiger partial charge in [-0.05, 0) is 36.4 Å². The molecule has 7 heteroatoms. The maximum Gasteiger partial charge on any atom is 0.343 e. The summed E-state index contributed by atoms with van der Waals surface area (Å²) in [4.78, 5) is 22.1. The van der Waals surface area contributed by atoms with Gasteiger partial charge in [-0.2, -0.15) is 0 Å². The van der Waals surface area contributed by atoms with Crippen molar-refractivity contribution in [2.45, 2.75) is 0 Å². The van der Waals surface area contributed by atoms with Gasteiger partial charge in [0, 0.05) is 12.1 Å². The summed E-state index contributed by atoms with van der Waals surface area (Å²) in [5.41, 5.74) is 1.44. The molecule has 2 aromatic carbocycles. The quantitative estimate of drug-likeness (QED) is 0.172. The first-order valence-electron chi connectivity index (χ1n) is 6.66. The van der Waals surface area contributed by atoms with Crippen LogP contribution in [0.1, 0.15) is 10.4 Å². The zero-order valence-corrected chi connectivity index (χ0v) is 15.2. The van der Waals surface area contributed by atoms with Gasteiger partial charge in [-0.3, -0.25) is 14.6 Å². The van der Waals surface area contributed by atoms with Crippen LogP contribution in [0, 0.1) is 10.1 Å². The molecule has 2 aromatic rings. The number of carbonyl (C=O) groups excluding carboxylic acids is 1. The number of hydrogen-bond acceptors (Lipinski definition) is 4. The first-order valence-corrected chi connectivity index (χ1v) is 6.66. The Hall–Kier alpha value is -2.00. The van der Waals surface area contributed by atoms with E-state index in [1.54, 1.807) is 12.1 Å². The maximum absolute atomic E-state index is 12.0. The molecule has 6 nitrogen and oxygen atoms in total. The molecule has 0 fully saturated rings. The number of non-ortho nitro benzene ring substituents is 1. The second kappa shape index (κ2) is 7.51. The predicted molar refractivity (Wildman–Crippen MR) is 84.1 cm³/mol. The fourth-order valence-electron chi connectivity index (χ4n) is 1.85. The number of carbonyl (C=O) groups is 1. The van der Waals surface area contributed by atoms with Gasteiger partial charge >= 0.3 is 5.97 Å². The van der Waals surface area contributed by atoms with E-state index in [2.05, 4.69) is 0 Å². The summed E-state index contributed by atoms with van der Waals surface area (Å²) in [6.07, 6.45) is 0. The third-order valence-electron chi connectivity index (χ3n) is 3.14. The van der Waals surface area contributed by atoms with Crippen LogP contribution in [0.4, 0.5) is 11.4 Å². The number of nitro benzene ring substituents is 1. The summed E-state index contributed by atoms with van der Waals surface area (Å²) in [5, 5.41) is 10.6. The lowest BCUT2D eigenvalue weighted by Gasteiger charge is -2.23. The van der Waals surface area contributed by atoms with Crippen LogP contribution in [0.2, 0.25) is 0 Å². The molecule has 0 saturated heterocycles. The van der Waals surface area contributed by atoms with E-state index < -0.39 is 10.9 Å². The molecule has 0 spiro atoms. The molecule has 0 aliphatic carbocycles. The van der Waals surface area contributed by atoms with E-state index in [1.165, 1.54) is 24.3 Å². The normalized spacial score (nSPS) is 10.6. The minimum Gasteiger partial charge on any atom is -1.00 e. The Morgan fingerprint density at radius 3 is 1.96 bits per heavy atom. The highest BCUT2D eigenvalue weighted by atomic mass is 127. The number of halogens is 1. The third-order valence-corrected chi connectivity index (χ3v) is 3.14. The Balaban J connectivity index is 0.00000264. The van der Waals surface area contributed by atoms with Gasteiger partial charge in [-0.1, -0.05) is 0 Å². The largest absolute Gasteiger partial charge is 1.00 e. The average Bonchev–Trinajstić information content (AvgIpc) is 2.47. The summed E-state index contributed by atoms with van der Waals surface area (Å²) in [6, 6.07) is 12.5. The van der Waals surface area contributed by atoms with Gasteiger partial charge in [0.05, 0.1) is 31.6 Å². The molecule has 0 N–H and O–H groups in total. The Morgan fingerprint density at radius 2 is 1.52 bits per heavy atom. The van der Waals surface area contributed by atoms with Crippen LogP contribution in [-0.4, -0.2) is 32.0 Å². The number of nitrogens with zero attached hydrogens (tertiary/aromatic N) is 2. The van der Waals surface area contributed by atoms with Crippen molar-refractivity contribution in [3.05, 3.63) is 64.2 Å². The number of quaternary nitrogens is 1. The fourth-order valence-corrected chi connectivity index (χ4v) is 1.85. The molecule has 0 heterocycles. The van der Waals surface area contributed by atoms with E-state index >= 15 is 0 Å². The molecule has 0 radical (unpaired) electrons. The predicted octanol–water partition coefficient (Wildman–Crippen LogP) is 0.0147. The number of ether oxygens (including phenoxy) is 1.